The molecule has 54 heavy (non-hydrogen) atoms. The number of unbranched alkanes of at least 4 members (excludes halogenated alkanes) is 9. The van der Waals surface area contributed by atoms with Crippen LogP contribution in [0.3, 0.4) is 0 Å². The fourth-order valence-corrected chi connectivity index (χ4v) is 7.38. The number of halogens is 2. The van der Waals surface area contributed by atoms with Gasteiger partial charge in [0.05, 0.1) is 50.4 Å². The van der Waals surface area contributed by atoms with Gasteiger partial charge in [0.25, 0.3) is 0 Å². The number of aliphatic hydroxyl groups excluding tert-OH is 1. The van der Waals surface area contributed by atoms with Crippen molar-refractivity contribution in [3.63, 3.8) is 0 Å². The number of ether oxygens (including phenoxy) is 5. The normalized spacial score (nSPS) is 16.4. The highest BCUT2D eigenvalue weighted by atomic mass is 35.5. The topological polar surface area (TPSA) is 165 Å². The Morgan fingerprint density at radius 2 is 1.28 bits per heavy atom. The first-order valence-corrected chi connectivity index (χ1v) is 19.9. The van der Waals surface area contributed by atoms with Gasteiger partial charge in [-0.3, -0.25) is 24.0 Å². The minimum absolute atomic E-state index is 0.0181. The fourth-order valence-electron chi connectivity index (χ4n) is 6.82. The van der Waals surface area contributed by atoms with E-state index in [2.05, 4.69) is 6.92 Å². The average Bonchev–Trinajstić information content (AvgIpc) is 3.66. The number of rotatable bonds is 29. The molecule has 0 bridgehead atoms. The van der Waals surface area contributed by atoms with Crippen molar-refractivity contribution in [2.24, 2.45) is 16.7 Å². The van der Waals surface area contributed by atoms with Crippen LogP contribution in [-0.2, 0) is 54.3 Å². The Balaban J connectivity index is 3.45. The van der Waals surface area contributed by atoms with Gasteiger partial charge in [0.1, 0.15) is 28.7 Å². The van der Waals surface area contributed by atoms with Crippen LogP contribution in [0.15, 0.2) is 22.8 Å². The highest BCUT2D eigenvalue weighted by molar-refractivity contribution is 6.34. The molecule has 0 aromatic carbocycles. The zero-order valence-electron chi connectivity index (χ0n) is 33.4. The van der Waals surface area contributed by atoms with Crippen LogP contribution in [0.5, 0.6) is 0 Å². The van der Waals surface area contributed by atoms with E-state index in [-0.39, 0.29) is 51.9 Å². The first-order valence-electron chi connectivity index (χ1n) is 19.1. The summed E-state index contributed by atoms with van der Waals surface area (Å²) < 4.78 is 31.9. The van der Waals surface area contributed by atoms with E-state index in [1.165, 1.54) is 73.4 Å². The first-order chi connectivity index (χ1) is 25.4. The monoisotopic (exact) mass is 806 g/mol. The van der Waals surface area contributed by atoms with Crippen LogP contribution in [0.1, 0.15) is 137 Å². The fraction of sp³-hybridized carbons (Fsp3) is 0.775. The summed E-state index contributed by atoms with van der Waals surface area (Å²) in [4.78, 5) is 63.7. The second kappa shape index (κ2) is 24.6. The van der Waals surface area contributed by atoms with Crippen molar-refractivity contribution in [3.8, 4) is 0 Å². The molecule has 1 heterocycles. The summed E-state index contributed by atoms with van der Waals surface area (Å²) in [5.41, 5.74) is -3.19. The molecule has 14 heteroatoms. The van der Waals surface area contributed by atoms with Crippen molar-refractivity contribution in [1.82, 2.24) is 0 Å². The van der Waals surface area contributed by atoms with Crippen LogP contribution in [0.25, 0.3) is 0 Å². The van der Waals surface area contributed by atoms with E-state index in [1.807, 2.05) is 0 Å². The number of esters is 5. The largest absolute Gasteiger partial charge is 0.468 e. The third kappa shape index (κ3) is 17.3. The zero-order chi connectivity index (χ0) is 40.8. The molecular weight excluding hydrogens is 743 g/mol. The number of carbonyl (C=O) groups excluding carboxylic acids is 5. The van der Waals surface area contributed by atoms with Crippen LogP contribution in [0, 0.1) is 16.7 Å². The molecule has 0 fully saturated rings. The van der Waals surface area contributed by atoms with Gasteiger partial charge in [0.2, 0.25) is 0 Å². The minimum atomic E-state index is -1.71. The Kier molecular flexibility index (Phi) is 22.4. The summed E-state index contributed by atoms with van der Waals surface area (Å²) in [5.74, 6) is -4.38. The summed E-state index contributed by atoms with van der Waals surface area (Å²) >= 11 is 13.2. The Bertz CT molecular complexity index is 1280. The maximum Gasteiger partial charge on any atom is 0.326 e. The Labute approximate surface area is 331 Å². The summed E-state index contributed by atoms with van der Waals surface area (Å²) in [6.45, 7) is 7.31. The quantitative estimate of drug-likeness (QED) is 0.0357. The third-order valence-corrected chi connectivity index (χ3v) is 10.3. The van der Waals surface area contributed by atoms with Gasteiger partial charge in [0, 0.05) is 0 Å². The molecule has 0 spiro atoms. The standard InChI is InChI=1S/C40H64Cl2O12/c1-8-9-10-11-12-13-14-15-16-17-23-53-33(45)37(2,26-30(32(44)52-25-22-43)20-21-39(4,41)35(47)49-6)28-38(3,29-40(5,42)36(48)50-7)34(46)54-27-31-19-18-24-51-31/h18-19,24,30,43H,8-17,20-23,25-29H2,1-7H3. The molecule has 310 valence electrons. The van der Waals surface area contributed by atoms with Crippen molar-refractivity contribution in [3.05, 3.63) is 24.2 Å². The molecule has 1 aromatic heterocycles. The van der Waals surface area contributed by atoms with Crippen molar-refractivity contribution >= 4 is 53.0 Å². The van der Waals surface area contributed by atoms with Gasteiger partial charge in [-0.25, -0.2) is 0 Å². The number of alkyl halides is 2. The highest BCUT2D eigenvalue weighted by Gasteiger charge is 2.52. The molecule has 1 N–H and O–H groups in total. The van der Waals surface area contributed by atoms with E-state index in [0.717, 1.165) is 25.7 Å². The number of furan rings is 1. The van der Waals surface area contributed by atoms with Gasteiger partial charge in [-0.2, -0.15) is 0 Å². The first kappa shape index (κ1) is 49.2. The van der Waals surface area contributed by atoms with E-state index in [0.29, 0.717) is 12.2 Å². The van der Waals surface area contributed by atoms with Gasteiger partial charge in [-0.1, -0.05) is 64.7 Å². The van der Waals surface area contributed by atoms with Gasteiger partial charge in [-0.05, 0) is 78.4 Å². The number of aliphatic hydroxyl groups is 1. The van der Waals surface area contributed by atoms with E-state index in [4.69, 9.17) is 51.3 Å². The van der Waals surface area contributed by atoms with Gasteiger partial charge >= 0.3 is 29.8 Å². The predicted octanol–water partition coefficient (Wildman–Crippen LogP) is 8.24. The Morgan fingerprint density at radius 3 is 1.81 bits per heavy atom. The van der Waals surface area contributed by atoms with E-state index < -0.39 is 62.9 Å². The molecule has 0 aliphatic rings. The molecule has 0 radical (unpaired) electrons. The molecule has 1 rings (SSSR count). The maximum absolute atomic E-state index is 14.2. The molecule has 5 atom stereocenters. The van der Waals surface area contributed by atoms with Crippen molar-refractivity contribution in [2.75, 3.05) is 34.0 Å². The number of hydrogen-bond acceptors (Lipinski definition) is 12. The van der Waals surface area contributed by atoms with Crippen molar-refractivity contribution in [1.29, 1.82) is 0 Å². The minimum Gasteiger partial charge on any atom is -0.468 e. The summed E-state index contributed by atoms with van der Waals surface area (Å²) in [6.07, 6.45) is 11.5. The van der Waals surface area contributed by atoms with Crippen LogP contribution in [0.4, 0.5) is 0 Å². The lowest BCUT2D eigenvalue weighted by molar-refractivity contribution is -0.168. The number of methoxy groups -OCH3 is 2. The van der Waals surface area contributed by atoms with Crippen LogP contribution in [-0.4, -0.2) is 78.7 Å². The lowest BCUT2D eigenvalue weighted by Gasteiger charge is -2.40. The molecule has 0 saturated heterocycles. The molecule has 12 nitrogen and oxygen atoms in total. The molecular formula is C40H64Cl2O12. The number of hydrogen-bond donors (Lipinski definition) is 1. The molecule has 0 aliphatic heterocycles. The van der Waals surface area contributed by atoms with Gasteiger partial charge in [0.15, 0.2) is 0 Å². The maximum atomic E-state index is 14.2. The molecule has 0 aliphatic carbocycles. The molecule has 0 amide bonds. The van der Waals surface area contributed by atoms with E-state index >= 15 is 0 Å². The second-order valence-corrected chi connectivity index (χ2v) is 16.8. The molecule has 0 saturated carbocycles. The molecule has 1 aromatic rings. The van der Waals surface area contributed by atoms with E-state index in [9.17, 15) is 29.1 Å². The van der Waals surface area contributed by atoms with Gasteiger partial charge < -0.3 is 33.2 Å². The predicted molar refractivity (Wildman–Crippen MR) is 205 cm³/mol. The Hall–Kier alpha value is -2.83. The lowest BCUT2D eigenvalue weighted by Crippen LogP contribution is -2.47. The van der Waals surface area contributed by atoms with Crippen LogP contribution < -0.4 is 0 Å². The molecule has 5 unspecified atom stereocenters. The van der Waals surface area contributed by atoms with Gasteiger partial charge in [-0.15, -0.1) is 23.2 Å². The average molecular weight is 808 g/mol. The Morgan fingerprint density at radius 1 is 0.722 bits per heavy atom. The summed E-state index contributed by atoms with van der Waals surface area (Å²) in [5, 5.41) is 9.38. The highest BCUT2D eigenvalue weighted by Crippen LogP contribution is 2.47. The van der Waals surface area contributed by atoms with Crippen molar-refractivity contribution < 1.29 is 57.2 Å². The lowest BCUT2D eigenvalue weighted by atomic mass is 9.65. The SMILES string of the molecule is CCCCCCCCCCCCOC(=O)C(C)(CC(CCC(C)(Cl)C(=O)OC)C(=O)OCCO)CC(C)(CC(C)(Cl)C(=O)OC)C(=O)OCc1ccco1. The second-order valence-electron chi connectivity index (χ2n) is 15.2. The smallest absolute Gasteiger partial charge is 0.326 e. The zero-order valence-corrected chi connectivity index (χ0v) is 35.0. The van der Waals surface area contributed by atoms with Crippen molar-refractivity contribution in [2.45, 2.75) is 147 Å². The van der Waals surface area contributed by atoms with Crippen LogP contribution in [0.2, 0.25) is 0 Å². The number of carbonyl (C=O) groups is 5. The summed E-state index contributed by atoms with van der Waals surface area (Å²) in [6, 6.07) is 3.26. The summed E-state index contributed by atoms with van der Waals surface area (Å²) in [7, 11) is 2.37. The van der Waals surface area contributed by atoms with E-state index in [1.54, 1.807) is 19.1 Å². The third-order valence-electron chi connectivity index (χ3n) is 9.69. The van der Waals surface area contributed by atoms with Crippen LogP contribution >= 0.6 is 23.2 Å².